The Morgan fingerprint density at radius 1 is 1.03 bits per heavy atom. The molecule has 0 radical (unpaired) electrons. The van der Waals surface area contributed by atoms with Crippen LogP contribution in [0.3, 0.4) is 0 Å². The lowest BCUT2D eigenvalue weighted by molar-refractivity contribution is -0.132. The van der Waals surface area contributed by atoms with E-state index in [0.29, 0.717) is 6.42 Å². The summed E-state index contributed by atoms with van der Waals surface area (Å²) in [5.41, 5.74) is 4.32. The minimum atomic E-state index is 0.246. The molecule has 1 fully saturated rings. The van der Waals surface area contributed by atoms with Gasteiger partial charge < -0.3 is 15.5 Å². The van der Waals surface area contributed by atoms with Gasteiger partial charge in [-0.25, -0.2) is 0 Å². The molecule has 0 aromatic heterocycles. The van der Waals surface area contributed by atoms with Gasteiger partial charge in [0.25, 0.3) is 0 Å². The lowest BCUT2D eigenvalue weighted by Crippen LogP contribution is -2.42. The molecule has 1 aliphatic carbocycles. The second kappa shape index (κ2) is 9.33. The molecule has 1 aliphatic heterocycles. The Labute approximate surface area is 179 Å². The highest BCUT2D eigenvalue weighted by Crippen LogP contribution is 2.47. The molecule has 2 N–H and O–H groups in total. The molecule has 1 amide bonds. The molecule has 2 aromatic rings. The van der Waals surface area contributed by atoms with Gasteiger partial charge in [0, 0.05) is 45.1 Å². The van der Waals surface area contributed by atoms with Crippen LogP contribution < -0.4 is 10.6 Å². The molecule has 0 saturated heterocycles. The fraction of sp³-hybridized carbons (Fsp3) is 0.440. The second-order valence-corrected chi connectivity index (χ2v) is 8.44. The van der Waals surface area contributed by atoms with Crippen molar-refractivity contribution in [3.63, 3.8) is 0 Å². The van der Waals surface area contributed by atoms with Crippen LogP contribution in [0.1, 0.15) is 42.4 Å². The normalized spacial score (nSPS) is 17.2. The molecule has 0 spiro atoms. The summed E-state index contributed by atoms with van der Waals surface area (Å²) in [4.78, 5) is 18.9. The van der Waals surface area contributed by atoms with Crippen LogP contribution in [0.4, 0.5) is 0 Å². The Morgan fingerprint density at radius 2 is 1.77 bits per heavy atom. The minimum Gasteiger partial charge on any atom is -0.356 e. The maximum absolute atomic E-state index is 12.6. The number of rotatable bonds is 7. The third-order valence-electron chi connectivity index (χ3n) is 6.40. The first kappa shape index (κ1) is 20.5. The first-order valence-electron chi connectivity index (χ1n) is 11.0. The molecule has 0 unspecified atom stereocenters. The van der Waals surface area contributed by atoms with Crippen molar-refractivity contribution in [3.8, 4) is 0 Å². The van der Waals surface area contributed by atoms with Crippen molar-refractivity contribution in [2.24, 2.45) is 4.99 Å². The summed E-state index contributed by atoms with van der Waals surface area (Å²) in [6.45, 7) is 3.21. The first-order valence-corrected chi connectivity index (χ1v) is 11.0. The first-order chi connectivity index (χ1) is 14.7. The van der Waals surface area contributed by atoms with Crippen LogP contribution in [0.25, 0.3) is 0 Å². The van der Waals surface area contributed by atoms with Gasteiger partial charge in [-0.15, -0.1) is 0 Å². The van der Waals surface area contributed by atoms with Gasteiger partial charge in [0.2, 0.25) is 5.91 Å². The van der Waals surface area contributed by atoms with Gasteiger partial charge in [0.1, 0.15) is 0 Å². The van der Waals surface area contributed by atoms with Gasteiger partial charge in [0.05, 0.1) is 0 Å². The fourth-order valence-corrected chi connectivity index (χ4v) is 4.30. The maximum Gasteiger partial charge on any atom is 0.222 e. The van der Waals surface area contributed by atoms with Crippen LogP contribution in [0.5, 0.6) is 0 Å². The van der Waals surface area contributed by atoms with Crippen molar-refractivity contribution < 1.29 is 4.79 Å². The summed E-state index contributed by atoms with van der Waals surface area (Å²) < 4.78 is 0. The quantitative estimate of drug-likeness (QED) is 0.423. The van der Waals surface area contributed by atoms with E-state index >= 15 is 0 Å². The predicted molar refractivity (Wildman–Crippen MR) is 122 cm³/mol. The van der Waals surface area contributed by atoms with Gasteiger partial charge in [-0.2, -0.15) is 0 Å². The van der Waals surface area contributed by atoms with E-state index < -0.39 is 0 Å². The zero-order valence-electron chi connectivity index (χ0n) is 17.9. The number of fused-ring (bicyclic) bond motifs is 1. The van der Waals surface area contributed by atoms with E-state index in [9.17, 15) is 4.79 Å². The van der Waals surface area contributed by atoms with E-state index in [2.05, 4.69) is 70.2 Å². The van der Waals surface area contributed by atoms with Gasteiger partial charge in [0.15, 0.2) is 5.96 Å². The van der Waals surface area contributed by atoms with E-state index in [4.69, 9.17) is 0 Å². The Kier molecular flexibility index (Phi) is 6.36. The Balaban J connectivity index is 1.17. The smallest absolute Gasteiger partial charge is 0.222 e. The highest BCUT2D eigenvalue weighted by molar-refractivity contribution is 5.80. The summed E-state index contributed by atoms with van der Waals surface area (Å²) >= 11 is 0. The molecular weight excluding hydrogens is 372 g/mol. The molecule has 2 aromatic carbocycles. The number of benzene rings is 2. The van der Waals surface area contributed by atoms with Crippen molar-refractivity contribution in [1.29, 1.82) is 0 Å². The van der Waals surface area contributed by atoms with Gasteiger partial charge in [-0.05, 0) is 42.4 Å². The van der Waals surface area contributed by atoms with Crippen molar-refractivity contribution >= 4 is 11.9 Å². The number of hydrogen-bond donors (Lipinski definition) is 2. The molecule has 5 nitrogen and oxygen atoms in total. The lowest BCUT2D eigenvalue weighted by atomic mass is 9.96. The number of carbonyl (C=O) groups excluding carboxylic acids is 1. The van der Waals surface area contributed by atoms with E-state index in [1.807, 2.05) is 4.90 Å². The van der Waals surface area contributed by atoms with Crippen LogP contribution in [0.15, 0.2) is 59.6 Å². The summed E-state index contributed by atoms with van der Waals surface area (Å²) in [7, 11) is 1.80. The topological polar surface area (TPSA) is 56.7 Å². The standard InChI is InChI=1S/C25H32N4O/c1-26-24(28-19-25(14-15-25)22-10-3-2-4-11-22)27-16-7-12-23(30)29-17-13-20-8-5-6-9-21(20)18-29/h2-6,8-11H,7,12-19H2,1H3,(H2,26,27,28). The Hall–Kier alpha value is -2.82. The zero-order valence-corrected chi connectivity index (χ0v) is 17.9. The number of guanidine groups is 1. The highest BCUT2D eigenvalue weighted by Gasteiger charge is 2.43. The minimum absolute atomic E-state index is 0.246. The molecule has 2 aliphatic rings. The molecule has 4 rings (SSSR count). The molecule has 1 saturated carbocycles. The Bertz CT molecular complexity index is 889. The van der Waals surface area contributed by atoms with Gasteiger partial charge in [-0.3, -0.25) is 9.79 Å². The fourth-order valence-electron chi connectivity index (χ4n) is 4.30. The van der Waals surface area contributed by atoms with Crippen LogP contribution in [0, 0.1) is 0 Å². The van der Waals surface area contributed by atoms with E-state index in [0.717, 1.165) is 45.0 Å². The van der Waals surface area contributed by atoms with Crippen molar-refractivity contribution in [2.75, 3.05) is 26.7 Å². The number of nitrogens with one attached hydrogen (secondary N) is 2. The molecule has 0 atom stereocenters. The van der Waals surface area contributed by atoms with Crippen LogP contribution in [-0.4, -0.2) is 43.4 Å². The number of hydrogen-bond acceptors (Lipinski definition) is 2. The summed E-state index contributed by atoms with van der Waals surface area (Å²) in [6.07, 6.45) is 4.77. The predicted octanol–water partition coefficient (Wildman–Crippen LogP) is 3.25. The molecule has 158 valence electrons. The van der Waals surface area contributed by atoms with E-state index in [1.54, 1.807) is 7.05 Å². The van der Waals surface area contributed by atoms with Gasteiger partial charge in [-0.1, -0.05) is 54.6 Å². The average molecular weight is 405 g/mol. The van der Waals surface area contributed by atoms with E-state index in [-0.39, 0.29) is 11.3 Å². The summed E-state index contributed by atoms with van der Waals surface area (Å²) in [6, 6.07) is 19.2. The van der Waals surface area contributed by atoms with E-state index in [1.165, 1.54) is 29.5 Å². The second-order valence-electron chi connectivity index (χ2n) is 8.44. The molecule has 1 heterocycles. The molecule has 30 heavy (non-hydrogen) atoms. The lowest BCUT2D eigenvalue weighted by Gasteiger charge is -2.29. The summed E-state index contributed by atoms with van der Waals surface area (Å²) in [5.74, 6) is 1.06. The number of amides is 1. The third kappa shape index (κ3) is 4.84. The van der Waals surface area contributed by atoms with Crippen LogP contribution in [0.2, 0.25) is 0 Å². The largest absolute Gasteiger partial charge is 0.356 e. The SMILES string of the molecule is CN=C(NCCCC(=O)N1CCc2ccccc2C1)NCC1(c2ccccc2)CC1. The maximum atomic E-state index is 12.6. The number of nitrogens with zero attached hydrogens (tertiary/aromatic N) is 2. The van der Waals surface area contributed by atoms with Crippen molar-refractivity contribution in [3.05, 3.63) is 71.3 Å². The van der Waals surface area contributed by atoms with Gasteiger partial charge >= 0.3 is 0 Å². The third-order valence-corrected chi connectivity index (χ3v) is 6.40. The van der Waals surface area contributed by atoms with Crippen molar-refractivity contribution in [1.82, 2.24) is 15.5 Å². The summed E-state index contributed by atoms with van der Waals surface area (Å²) in [5, 5.41) is 6.84. The Morgan fingerprint density at radius 3 is 2.50 bits per heavy atom. The average Bonchev–Trinajstić information content (AvgIpc) is 3.60. The monoisotopic (exact) mass is 404 g/mol. The molecule has 0 bridgehead atoms. The molecular formula is C25H32N4O. The van der Waals surface area contributed by atoms with Crippen LogP contribution in [-0.2, 0) is 23.2 Å². The van der Waals surface area contributed by atoms with Crippen LogP contribution >= 0.6 is 0 Å². The number of carbonyl (C=O) groups is 1. The zero-order chi connectivity index (χ0) is 20.8. The number of aliphatic imine (C=N–C) groups is 1. The highest BCUT2D eigenvalue weighted by atomic mass is 16.2. The molecule has 5 heteroatoms. The van der Waals surface area contributed by atoms with Crippen molar-refractivity contribution in [2.45, 2.75) is 44.1 Å².